The zero-order valence-electron chi connectivity index (χ0n) is 16.9. The molecule has 2 N–H and O–H groups in total. The Morgan fingerprint density at radius 2 is 1.97 bits per heavy atom. The number of imidazole rings is 1. The Morgan fingerprint density at radius 1 is 1.23 bits per heavy atom. The summed E-state index contributed by atoms with van der Waals surface area (Å²) in [5.41, 5.74) is 4.66. The van der Waals surface area contributed by atoms with Crippen LogP contribution in [0.2, 0.25) is 0 Å². The van der Waals surface area contributed by atoms with E-state index in [0.717, 1.165) is 35.5 Å². The third-order valence-electron chi connectivity index (χ3n) is 4.88. The van der Waals surface area contributed by atoms with E-state index in [4.69, 9.17) is 24.6 Å². The highest BCUT2D eigenvalue weighted by Crippen LogP contribution is 2.30. The van der Waals surface area contributed by atoms with Crippen LogP contribution in [0.25, 0.3) is 22.4 Å². The number of carbonyl (C=O) groups excluding carboxylic acids is 1. The van der Waals surface area contributed by atoms with Gasteiger partial charge in [0.25, 0.3) is 5.91 Å². The van der Waals surface area contributed by atoms with Gasteiger partial charge < -0.3 is 18.9 Å². The van der Waals surface area contributed by atoms with Crippen molar-refractivity contribution >= 4 is 23.0 Å². The van der Waals surface area contributed by atoms with Crippen LogP contribution < -0.4 is 15.1 Å². The summed E-state index contributed by atoms with van der Waals surface area (Å²) >= 11 is 0. The molecule has 30 heavy (non-hydrogen) atoms. The van der Waals surface area contributed by atoms with Crippen molar-refractivity contribution in [2.24, 2.45) is 0 Å². The minimum absolute atomic E-state index is 0.212. The molecule has 1 fully saturated rings. The molecule has 3 heterocycles. The van der Waals surface area contributed by atoms with Crippen LogP contribution >= 0.6 is 0 Å². The van der Waals surface area contributed by atoms with Crippen molar-refractivity contribution in [2.75, 3.05) is 37.8 Å². The van der Waals surface area contributed by atoms with Crippen molar-refractivity contribution in [1.82, 2.24) is 25.0 Å². The normalized spacial score (nSPS) is 14.3. The standard InChI is InChI=1S/C20H24N6O4/c1-13(2)26-12-21-18-17(14-3-5-15(6-4-14)30-11-16(27)24-28)22-20(23-19(18)26)25-7-9-29-10-8-25/h3-6,12-13,28H,7-11H2,1-2H3,(H,24,27). The van der Waals surface area contributed by atoms with Gasteiger partial charge >= 0.3 is 0 Å². The van der Waals surface area contributed by atoms with Crippen LogP contribution in [0.4, 0.5) is 5.95 Å². The highest BCUT2D eigenvalue weighted by molar-refractivity contribution is 5.88. The van der Waals surface area contributed by atoms with Crippen molar-refractivity contribution in [3.63, 3.8) is 0 Å². The zero-order chi connectivity index (χ0) is 21.1. The van der Waals surface area contributed by atoms with Gasteiger partial charge in [0.2, 0.25) is 5.95 Å². The van der Waals surface area contributed by atoms with Gasteiger partial charge in [0.15, 0.2) is 12.3 Å². The number of carbonyl (C=O) groups is 1. The molecular weight excluding hydrogens is 388 g/mol. The van der Waals surface area contributed by atoms with E-state index in [2.05, 4.69) is 23.7 Å². The van der Waals surface area contributed by atoms with E-state index in [1.807, 2.05) is 16.7 Å². The molecule has 1 aliphatic heterocycles. The van der Waals surface area contributed by atoms with Crippen molar-refractivity contribution in [3.8, 4) is 17.0 Å². The summed E-state index contributed by atoms with van der Waals surface area (Å²) in [6.07, 6.45) is 1.79. The molecule has 1 amide bonds. The molecule has 2 aromatic heterocycles. The van der Waals surface area contributed by atoms with Gasteiger partial charge in [-0.15, -0.1) is 0 Å². The number of aromatic nitrogens is 4. The molecule has 0 radical (unpaired) electrons. The Morgan fingerprint density at radius 3 is 2.63 bits per heavy atom. The van der Waals surface area contributed by atoms with Crippen molar-refractivity contribution in [1.29, 1.82) is 0 Å². The number of anilines is 1. The molecule has 4 rings (SSSR count). The maximum absolute atomic E-state index is 11.1. The summed E-state index contributed by atoms with van der Waals surface area (Å²) in [6.45, 7) is 6.67. The summed E-state index contributed by atoms with van der Waals surface area (Å²) < 4.78 is 12.8. The van der Waals surface area contributed by atoms with Gasteiger partial charge in [-0.2, -0.15) is 4.98 Å². The van der Waals surface area contributed by atoms with Gasteiger partial charge in [-0.1, -0.05) is 0 Å². The first-order valence-corrected chi connectivity index (χ1v) is 9.80. The lowest BCUT2D eigenvalue weighted by molar-refractivity contribution is -0.131. The Hall–Kier alpha value is -3.24. The number of nitrogens with zero attached hydrogens (tertiary/aromatic N) is 5. The van der Waals surface area contributed by atoms with E-state index in [9.17, 15) is 4.79 Å². The van der Waals surface area contributed by atoms with E-state index in [1.54, 1.807) is 18.5 Å². The van der Waals surface area contributed by atoms with Gasteiger partial charge in [-0.3, -0.25) is 10.0 Å². The number of hydrogen-bond acceptors (Lipinski definition) is 8. The summed E-state index contributed by atoms with van der Waals surface area (Å²) in [5.74, 6) is 0.544. The lowest BCUT2D eigenvalue weighted by Crippen LogP contribution is -2.37. The molecule has 1 aromatic carbocycles. The fourth-order valence-electron chi connectivity index (χ4n) is 3.28. The van der Waals surface area contributed by atoms with Gasteiger partial charge in [0.05, 0.1) is 19.5 Å². The maximum Gasteiger partial charge on any atom is 0.281 e. The lowest BCUT2D eigenvalue weighted by atomic mass is 10.1. The van der Waals surface area contributed by atoms with E-state index in [0.29, 0.717) is 24.9 Å². The van der Waals surface area contributed by atoms with Crippen LogP contribution in [-0.2, 0) is 9.53 Å². The molecule has 0 atom stereocenters. The van der Waals surface area contributed by atoms with E-state index < -0.39 is 5.91 Å². The van der Waals surface area contributed by atoms with Crippen LogP contribution in [0.5, 0.6) is 5.75 Å². The molecule has 0 saturated carbocycles. The number of fused-ring (bicyclic) bond motifs is 1. The molecular formula is C20H24N6O4. The number of hydroxylamine groups is 1. The molecule has 0 spiro atoms. The number of benzene rings is 1. The van der Waals surface area contributed by atoms with Gasteiger partial charge in [0.1, 0.15) is 17.0 Å². The average Bonchev–Trinajstić information content (AvgIpc) is 3.22. The third-order valence-corrected chi connectivity index (χ3v) is 4.88. The molecule has 1 saturated heterocycles. The van der Waals surface area contributed by atoms with Gasteiger partial charge in [-0.05, 0) is 38.1 Å². The molecule has 0 unspecified atom stereocenters. The van der Waals surface area contributed by atoms with Crippen LogP contribution in [0.1, 0.15) is 19.9 Å². The third kappa shape index (κ3) is 4.05. The lowest BCUT2D eigenvalue weighted by Gasteiger charge is -2.27. The van der Waals surface area contributed by atoms with Gasteiger partial charge in [-0.25, -0.2) is 15.4 Å². The largest absolute Gasteiger partial charge is 0.484 e. The van der Waals surface area contributed by atoms with E-state index >= 15 is 0 Å². The summed E-state index contributed by atoms with van der Waals surface area (Å²) in [4.78, 5) is 27.5. The van der Waals surface area contributed by atoms with Crippen molar-refractivity contribution < 1.29 is 19.5 Å². The minimum atomic E-state index is -0.619. The Balaban J connectivity index is 1.72. The van der Waals surface area contributed by atoms with Crippen LogP contribution in [0.15, 0.2) is 30.6 Å². The average molecular weight is 412 g/mol. The predicted molar refractivity (Wildman–Crippen MR) is 110 cm³/mol. The summed E-state index contributed by atoms with van der Waals surface area (Å²) in [6, 6.07) is 7.45. The number of morpholine rings is 1. The number of hydrogen-bond donors (Lipinski definition) is 2. The van der Waals surface area contributed by atoms with Gasteiger partial charge in [0, 0.05) is 24.7 Å². The quantitative estimate of drug-likeness (QED) is 0.465. The van der Waals surface area contributed by atoms with Crippen LogP contribution in [-0.4, -0.2) is 63.5 Å². The van der Waals surface area contributed by atoms with E-state index in [1.165, 1.54) is 5.48 Å². The second kappa shape index (κ2) is 8.64. The highest BCUT2D eigenvalue weighted by atomic mass is 16.5. The Bertz CT molecular complexity index is 1030. The first-order valence-electron chi connectivity index (χ1n) is 9.80. The fourth-order valence-corrected chi connectivity index (χ4v) is 3.28. The second-order valence-electron chi connectivity index (χ2n) is 7.24. The Kier molecular flexibility index (Phi) is 5.77. The summed E-state index contributed by atoms with van der Waals surface area (Å²) in [7, 11) is 0. The molecule has 3 aromatic rings. The van der Waals surface area contributed by atoms with Crippen LogP contribution in [0, 0.1) is 0 Å². The fraction of sp³-hybridized carbons (Fsp3) is 0.400. The Labute approximate surface area is 173 Å². The van der Waals surface area contributed by atoms with Crippen molar-refractivity contribution in [2.45, 2.75) is 19.9 Å². The number of amides is 1. The van der Waals surface area contributed by atoms with E-state index in [-0.39, 0.29) is 12.6 Å². The van der Waals surface area contributed by atoms with Crippen molar-refractivity contribution in [3.05, 3.63) is 30.6 Å². The highest BCUT2D eigenvalue weighted by Gasteiger charge is 2.20. The zero-order valence-corrected chi connectivity index (χ0v) is 16.9. The molecule has 0 bridgehead atoms. The summed E-state index contributed by atoms with van der Waals surface area (Å²) in [5, 5.41) is 8.57. The smallest absolute Gasteiger partial charge is 0.281 e. The molecule has 1 aliphatic rings. The SMILES string of the molecule is CC(C)n1cnc2c(-c3ccc(OCC(=O)NO)cc3)nc(N3CCOCC3)nc21. The first-order chi connectivity index (χ1) is 14.6. The number of rotatable bonds is 6. The predicted octanol–water partition coefficient (Wildman–Crippen LogP) is 1.79. The maximum atomic E-state index is 11.1. The molecule has 158 valence electrons. The minimum Gasteiger partial charge on any atom is -0.484 e. The second-order valence-corrected chi connectivity index (χ2v) is 7.24. The first kappa shape index (κ1) is 20.0. The monoisotopic (exact) mass is 412 g/mol. The molecule has 10 heteroatoms. The molecule has 10 nitrogen and oxygen atoms in total. The number of ether oxygens (including phenoxy) is 2. The number of nitrogens with one attached hydrogen (secondary N) is 1. The topological polar surface area (TPSA) is 115 Å². The molecule has 0 aliphatic carbocycles. The van der Waals surface area contributed by atoms with Crippen LogP contribution in [0.3, 0.4) is 0 Å².